The van der Waals surface area contributed by atoms with Crippen LogP contribution in [0.15, 0.2) is 42.5 Å². The van der Waals surface area contributed by atoms with Crippen LogP contribution in [0.25, 0.3) is 0 Å². The van der Waals surface area contributed by atoms with Gasteiger partial charge in [-0.3, -0.25) is 9.59 Å². The molecule has 0 aliphatic rings. The van der Waals surface area contributed by atoms with Gasteiger partial charge in [-0.1, -0.05) is 35.4 Å². The minimum Gasteiger partial charge on any atom is -0.484 e. The normalized spacial score (nSPS) is 10.1. The van der Waals surface area contributed by atoms with Crippen molar-refractivity contribution in [1.82, 2.24) is 5.32 Å². The van der Waals surface area contributed by atoms with Crippen molar-refractivity contribution in [3.05, 3.63) is 59.2 Å². The van der Waals surface area contributed by atoms with E-state index in [0.29, 0.717) is 5.75 Å². The van der Waals surface area contributed by atoms with Gasteiger partial charge in [0.15, 0.2) is 6.61 Å². The third-order valence-corrected chi connectivity index (χ3v) is 3.49. The number of anilines is 1. The van der Waals surface area contributed by atoms with E-state index in [1.54, 1.807) is 12.1 Å². The van der Waals surface area contributed by atoms with Crippen molar-refractivity contribution in [2.45, 2.75) is 20.8 Å². The van der Waals surface area contributed by atoms with E-state index in [2.05, 4.69) is 10.6 Å². The average molecular weight is 326 g/mol. The fourth-order valence-electron chi connectivity index (χ4n) is 2.16. The van der Waals surface area contributed by atoms with Gasteiger partial charge in [0.2, 0.25) is 5.91 Å². The molecule has 0 fully saturated rings. The minimum absolute atomic E-state index is 0.0938. The number of carbonyl (C=O) groups excluding carboxylic acids is 2. The molecule has 0 heterocycles. The molecular formula is C19H22N2O3. The first-order valence-corrected chi connectivity index (χ1v) is 7.77. The van der Waals surface area contributed by atoms with Crippen LogP contribution < -0.4 is 15.4 Å². The lowest BCUT2D eigenvalue weighted by Crippen LogP contribution is -2.35. The van der Waals surface area contributed by atoms with E-state index in [0.717, 1.165) is 22.4 Å². The molecular weight excluding hydrogens is 304 g/mol. The minimum atomic E-state index is -0.341. The smallest absolute Gasteiger partial charge is 0.258 e. The van der Waals surface area contributed by atoms with Gasteiger partial charge >= 0.3 is 0 Å². The van der Waals surface area contributed by atoms with Gasteiger partial charge in [-0.2, -0.15) is 0 Å². The van der Waals surface area contributed by atoms with Crippen LogP contribution in [0.3, 0.4) is 0 Å². The Morgan fingerprint density at radius 3 is 2.25 bits per heavy atom. The summed E-state index contributed by atoms with van der Waals surface area (Å²) in [5.41, 5.74) is 3.98. The largest absolute Gasteiger partial charge is 0.484 e. The lowest BCUT2D eigenvalue weighted by Gasteiger charge is -2.10. The number of nitrogens with one attached hydrogen (secondary N) is 2. The second kappa shape index (κ2) is 8.15. The maximum absolute atomic E-state index is 11.9. The molecule has 0 aromatic heterocycles. The summed E-state index contributed by atoms with van der Waals surface area (Å²) < 4.78 is 5.36. The zero-order valence-electron chi connectivity index (χ0n) is 14.2. The van der Waals surface area contributed by atoms with E-state index < -0.39 is 0 Å². The molecule has 2 aromatic rings. The molecule has 0 aliphatic carbocycles. The van der Waals surface area contributed by atoms with Gasteiger partial charge in [0.05, 0.1) is 6.54 Å². The Hall–Kier alpha value is -2.82. The van der Waals surface area contributed by atoms with E-state index in [4.69, 9.17) is 4.74 Å². The summed E-state index contributed by atoms with van der Waals surface area (Å²) in [6.07, 6.45) is 0. The number of ether oxygens (including phenoxy) is 1. The second-order valence-corrected chi connectivity index (χ2v) is 5.75. The highest BCUT2D eigenvalue weighted by Crippen LogP contribution is 2.15. The molecule has 2 N–H and O–H groups in total. The van der Waals surface area contributed by atoms with E-state index in [9.17, 15) is 9.59 Å². The van der Waals surface area contributed by atoms with Gasteiger partial charge < -0.3 is 15.4 Å². The summed E-state index contributed by atoms with van der Waals surface area (Å²) in [5.74, 6) is 0.00692. The highest BCUT2D eigenvalue weighted by molar-refractivity contribution is 5.95. The van der Waals surface area contributed by atoms with Gasteiger partial charge in [0.25, 0.3) is 5.91 Å². The molecule has 5 heteroatoms. The number of carbonyl (C=O) groups is 2. The van der Waals surface area contributed by atoms with Crippen LogP contribution in [0.5, 0.6) is 5.75 Å². The van der Waals surface area contributed by atoms with Crippen molar-refractivity contribution in [1.29, 1.82) is 0 Å². The maximum Gasteiger partial charge on any atom is 0.258 e. The molecule has 0 bridgehead atoms. The van der Waals surface area contributed by atoms with E-state index >= 15 is 0 Å². The van der Waals surface area contributed by atoms with Gasteiger partial charge in [-0.15, -0.1) is 0 Å². The van der Waals surface area contributed by atoms with Crippen molar-refractivity contribution in [2.75, 3.05) is 18.5 Å². The Labute approximate surface area is 142 Å². The first-order valence-electron chi connectivity index (χ1n) is 7.77. The van der Waals surface area contributed by atoms with E-state index in [1.807, 2.05) is 51.1 Å². The quantitative estimate of drug-likeness (QED) is 0.858. The van der Waals surface area contributed by atoms with Crippen LogP contribution in [0, 0.1) is 20.8 Å². The number of hydrogen-bond donors (Lipinski definition) is 2. The molecule has 0 saturated carbocycles. The Kier molecular flexibility index (Phi) is 5.95. The van der Waals surface area contributed by atoms with Crippen LogP contribution in [0.2, 0.25) is 0 Å². The molecule has 2 aromatic carbocycles. The molecule has 24 heavy (non-hydrogen) atoms. The van der Waals surface area contributed by atoms with Crippen molar-refractivity contribution >= 4 is 17.5 Å². The molecule has 0 aliphatic heterocycles. The van der Waals surface area contributed by atoms with Crippen molar-refractivity contribution < 1.29 is 14.3 Å². The van der Waals surface area contributed by atoms with Crippen LogP contribution in [0.1, 0.15) is 16.7 Å². The fraction of sp³-hybridized carbons (Fsp3) is 0.263. The molecule has 0 atom stereocenters. The lowest BCUT2D eigenvalue weighted by molar-refractivity contribution is -0.125. The lowest BCUT2D eigenvalue weighted by atomic mass is 10.1. The SMILES string of the molecule is Cc1ccc(OCC(=O)NCC(=O)Nc2ccc(C)cc2C)cc1. The third-order valence-electron chi connectivity index (χ3n) is 3.49. The molecule has 0 unspecified atom stereocenters. The maximum atomic E-state index is 11.9. The third kappa shape index (κ3) is 5.43. The number of hydrogen-bond acceptors (Lipinski definition) is 3. The Balaban J connectivity index is 1.74. The van der Waals surface area contributed by atoms with E-state index in [1.165, 1.54) is 0 Å². The summed E-state index contributed by atoms with van der Waals surface area (Å²) in [6, 6.07) is 13.2. The Morgan fingerprint density at radius 2 is 1.58 bits per heavy atom. The molecule has 2 amide bonds. The zero-order chi connectivity index (χ0) is 17.5. The fourth-order valence-corrected chi connectivity index (χ4v) is 2.16. The van der Waals surface area contributed by atoms with Crippen molar-refractivity contribution in [3.63, 3.8) is 0 Å². The number of benzene rings is 2. The summed E-state index contributed by atoms with van der Waals surface area (Å²) in [5, 5.41) is 5.32. The van der Waals surface area contributed by atoms with Crippen LogP contribution in [0.4, 0.5) is 5.69 Å². The summed E-state index contributed by atoms with van der Waals surface area (Å²) >= 11 is 0. The second-order valence-electron chi connectivity index (χ2n) is 5.75. The predicted octanol–water partition coefficient (Wildman–Crippen LogP) is 2.75. The average Bonchev–Trinajstić information content (AvgIpc) is 2.55. The van der Waals surface area contributed by atoms with Crippen LogP contribution >= 0.6 is 0 Å². The number of aryl methyl sites for hydroxylation is 3. The summed E-state index contributed by atoms with van der Waals surface area (Å²) in [6.45, 7) is 5.68. The van der Waals surface area contributed by atoms with Crippen molar-refractivity contribution in [2.24, 2.45) is 0 Å². The number of amides is 2. The van der Waals surface area contributed by atoms with Gasteiger partial charge in [0, 0.05) is 5.69 Å². The zero-order valence-corrected chi connectivity index (χ0v) is 14.2. The molecule has 0 saturated heterocycles. The predicted molar refractivity (Wildman–Crippen MR) is 94.2 cm³/mol. The van der Waals surface area contributed by atoms with Crippen molar-refractivity contribution in [3.8, 4) is 5.75 Å². The molecule has 2 rings (SSSR count). The molecule has 0 spiro atoms. The van der Waals surface area contributed by atoms with Gasteiger partial charge in [-0.05, 0) is 44.5 Å². The first kappa shape index (κ1) is 17.5. The topological polar surface area (TPSA) is 67.4 Å². The monoisotopic (exact) mass is 326 g/mol. The summed E-state index contributed by atoms with van der Waals surface area (Å²) in [7, 11) is 0. The van der Waals surface area contributed by atoms with Crippen LogP contribution in [-0.2, 0) is 9.59 Å². The first-order chi connectivity index (χ1) is 11.4. The molecule has 0 radical (unpaired) electrons. The molecule has 126 valence electrons. The van der Waals surface area contributed by atoms with Gasteiger partial charge in [-0.25, -0.2) is 0 Å². The number of rotatable bonds is 6. The van der Waals surface area contributed by atoms with Gasteiger partial charge in [0.1, 0.15) is 5.75 Å². The highest BCUT2D eigenvalue weighted by Gasteiger charge is 2.08. The highest BCUT2D eigenvalue weighted by atomic mass is 16.5. The Morgan fingerprint density at radius 1 is 0.917 bits per heavy atom. The van der Waals surface area contributed by atoms with E-state index in [-0.39, 0.29) is 25.0 Å². The van der Waals surface area contributed by atoms with Crippen LogP contribution in [-0.4, -0.2) is 25.0 Å². The Bertz CT molecular complexity index is 724. The molecule has 5 nitrogen and oxygen atoms in total. The standard InChI is InChI=1S/C19H22N2O3/c1-13-4-7-16(8-5-13)24-12-19(23)20-11-18(22)21-17-9-6-14(2)10-15(17)3/h4-10H,11-12H2,1-3H3,(H,20,23)(H,21,22). The summed E-state index contributed by atoms with van der Waals surface area (Å²) in [4.78, 5) is 23.6.